The Morgan fingerprint density at radius 1 is 1.42 bits per heavy atom. The number of hydrogen-bond donors (Lipinski definition) is 0. The predicted octanol–water partition coefficient (Wildman–Crippen LogP) is 3.94. The fraction of sp³-hybridized carbons (Fsp3) is 0.533. The summed E-state index contributed by atoms with van der Waals surface area (Å²) in [5.41, 5.74) is 0.109. The Bertz CT molecular complexity index is 467. The lowest BCUT2D eigenvalue weighted by molar-refractivity contribution is -0.142. The molecule has 0 bridgehead atoms. The minimum absolute atomic E-state index is 0.0576. The van der Waals surface area contributed by atoms with E-state index in [0.29, 0.717) is 6.61 Å². The molecule has 2 nitrogen and oxygen atoms in total. The van der Waals surface area contributed by atoms with Crippen molar-refractivity contribution in [3.63, 3.8) is 0 Å². The van der Waals surface area contributed by atoms with Crippen molar-refractivity contribution >= 4 is 17.4 Å². The minimum atomic E-state index is -0.629. The highest BCUT2D eigenvalue weighted by molar-refractivity contribution is 6.30. The predicted molar refractivity (Wildman–Crippen MR) is 72.9 cm³/mol. The summed E-state index contributed by atoms with van der Waals surface area (Å²) in [5, 5.41) is 0.0576. The molecule has 0 spiro atoms. The van der Waals surface area contributed by atoms with Crippen molar-refractivity contribution in [1.29, 1.82) is 0 Å². The molecule has 1 fully saturated rings. The van der Waals surface area contributed by atoms with Gasteiger partial charge in [0, 0.05) is 13.0 Å². The van der Waals surface area contributed by atoms with Crippen LogP contribution in [0.25, 0.3) is 0 Å². The van der Waals surface area contributed by atoms with Crippen LogP contribution >= 0.6 is 11.6 Å². The van der Waals surface area contributed by atoms with E-state index in [2.05, 4.69) is 0 Å². The van der Waals surface area contributed by atoms with Crippen LogP contribution in [0.3, 0.4) is 0 Å². The van der Waals surface area contributed by atoms with E-state index in [9.17, 15) is 9.18 Å². The Kier molecular flexibility index (Phi) is 4.58. The summed E-state index contributed by atoms with van der Waals surface area (Å²) >= 11 is 5.74. The van der Waals surface area contributed by atoms with Crippen LogP contribution < -0.4 is 0 Å². The molecule has 0 unspecified atom stereocenters. The second-order valence-corrected chi connectivity index (χ2v) is 5.39. The summed E-state index contributed by atoms with van der Waals surface area (Å²) in [6.07, 6.45) is 3.87. The van der Waals surface area contributed by atoms with Crippen molar-refractivity contribution in [2.75, 3.05) is 6.61 Å². The van der Waals surface area contributed by atoms with Gasteiger partial charge < -0.3 is 4.74 Å². The molecule has 0 radical (unpaired) electrons. The topological polar surface area (TPSA) is 26.3 Å². The molecule has 1 aliphatic carbocycles. The van der Waals surface area contributed by atoms with Gasteiger partial charge in [-0.15, -0.1) is 0 Å². The molecule has 0 aliphatic heterocycles. The first-order chi connectivity index (χ1) is 9.07. The van der Waals surface area contributed by atoms with Crippen LogP contribution in [0.4, 0.5) is 4.39 Å². The van der Waals surface area contributed by atoms with Gasteiger partial charge in [0.25, 0.3) is 0 Å². The van der Waals surface area contributed by atoms with Gasteiger partial charge in [0.05, 0.1) is 5.02 Å². The largest absolute Gasteiger partial charge is 0.367 e. The van der Waals surface area contributed by atoms with Crippen molar-refractivity contribution in [3.05, 3.63) is 34.6 Å². The third-order valence-electron chi connectivity index (χ3n) is 3.69. The Morgan fingerprint density at radius 2 is 2.11 bits per heavy atom. The number of halogens is 2. The molecular formula is C15H18ClFO2. The van der Waals surface area contributed by atoms with Gasteiger partial charge in [-0.05, 0) is 50.3 Å². The summed E-state index contributed by atoms with van der Waals surface area (Å²) in [6.45, 7) is 2.44. The van der Waals surface area contributed by atoms with E-state index in [1.54, 1.807) is 6.07 Å². The molecule has 0 N–H and O–H groups in total. The van der Waals surface area contributed by atoms with Crippen molar-refractivity contribution in [1.82, 2.24) is 0 Å². The number of rotatable bonds is 5. The SMILES string of the molecule is CCOC1(C(=O)Cc2ccc(F)c(Cl)c2)CCCC1. The highest BCUT2D eigenvalue weighted by Crippen LogP contribution is 2.35. The third kappa shape index (κ3) is 3.15. The van der Waals surface area contributed by atoms with E-state index >= 15 is 0 Å². The summed E-state index contributed by atoms with van der Waals surface area (Å²) in [4.78, 5) is 12.5. The number of carbonyl (C=O) groups excluding carboxylic acids is 1. The second-order valence-electron chi connectivity index (χ2n) is 4.98. The first-order valence-corrected chi connectivity index (χ1v) is 7.06. The zero-order chi connectivity index (χ0) is 13.9. The molecular weight excluding hydrogens is 267 g/mol. The number of benzene rings is 1. The quantitative estimate of drug-likeness (QED) is 0.819. The molecule has 0 aromatic heterocycles. The highest BCUT2D eigenvalue weighted by atomic mass is 35.5. The standard InChI is InChI=1S/C15H18ClFO2/c1-2-19-15(7-3-4-8-15)14(18)10-11-5-6-13(17)12(16)9-11/h5-6,9H,2-4,7-8,10H2,1H3. The molecule has 0 amide bonds. The molecule has 19 heavy (non-hydrogen) atoms. The zero-order valence-corrected chi connectivity index (χ0v) is 11.8. The molecule has 104 valence electrons. The van der Waals surface area contributed by atoms with Gasteiger partial charge in [0.1, 0.15) is 11.4 Å². The van der Waals surface area contributed by atoms with Gasteiger partial charge in [-0.2, -0.15) is 0 Å². The van der Waals surface area contributed by atoms with E-state index in [1.165, 1.54) is 12.1 Å². The van der Waals surface area contributed by atoms with E-state index in [1.807, 2.05) is 6.92 Å². The number of ketones is 1. The molecule has 1 aromatic carbocycles. The summed E-state index contributed by atoms with van der Waals surface area (Å²) in [7, 11) is 0. The summed E-state index contributed by atoms with van der Waals surface area (Å²) in [6, 6.07) is 4.42. The maximum absolute atomic E-state index is 13.1. The van der Waals surface area contributed by atoms with E-state index in [0.717, 1.165) is 31.2 Å². The normalized spacial score (nSPS) is 17.6. The molecule has 1 saturated carbocycles. The van der Waals surface area contributed by atoms with Gasteiger partial charge in [0.15, 0.2) is 5.78 Å². The first-order valence-electron chi connectivity index (χ1n) is 6.68. The van der Waals surface area contributed by atoms with Gasteiger partial charge >= 0.3 is 0 Å². The molecule has 1 aromatic rings. The molecule has 0 atom stereocenters. The van der Waals surface area contributed by atoms with E-state index in [-0.39, 0.29) is 17.2 Å². The lowest BCUT2D eigenvalue weighted by Gasteiger charge is -2.27. The molecule has 0 saturated heterocycles. The monoisotopic (exact) mass is 284 g/mol. The number of hydrogen-bond acceptors (Lipinski definition) is 2. The fourth-order valence-corrected chi connectivity index (χ4v) is 2.93. The average Bonchev–Trinajstić information content (AvgIpc) is 2.84. The first kappa shape index (κ1) is 14.5. The average molecular weight is 285 g/mol. The zero-order valence-electron chi connectivity index (χ0n) is 11.0. The van der Waals surface area contributed by atoms with E-state index < -0.39 is 11.4 Å². The number of ether oxygens (including phenoxy) is 1. The van der Waals surface area contributed by atoms with Crippen molar-refractivity contribution in [3.8, 4) is 0 Å². The third-order valence-corrected chi connectivity index (χ3v) is 3.98. The molecule has 4 heteroatoms. The van der Waals surface area contributed by atoms with Crippen molar-refractivity contribution in [2.24, 2.45) is 0 Å². The van der Waals surface area contributed by atoms with Crippen LogP contribution in [0.15, 0.2) is 18.2 Å². The maximum Gasteiger partial charge on any atom is 0.168 e. The number of carbonyl (C=O) groups is 1. The van der Waals surface area contributed by atoms with Gasteiger partial charge in [-0.3, -0.25) is 4.79 Å². The smallest absolute Gasteiger partial charge is 0.168 e. The lowest BCUT2D eigenvalue weighted by atomic mass is 9.91. The molecule has 0 heterocycles. The van der Waals surface area contributed by atoms with Gasteiger partial charge in [0.2, 0.25) is 0 Å². The highest BCUT2D eigenvalue weighted by Gasteiger charge is 2.41. The molecule has 2 rings (SSSR count). The van der Waals surface area contributed by atoms with Crippen LogP contribution in [0, 0.1) is 5.82 Å². The fourth-order valence-electron chi connectivity index (χ4n) is 2.72. The Hall–Kier alpha value is -0.930. The Morgan fingerprint density at radius 3 is 2.68 bits per heavy atom. The second kappa shape index (κ2) is 6.02. The van der Waals surface area contributed by atoms with Crippen LogP contribution in [-0.4, -0.2) is 18.0 Å². The van der Waals surface area contributed by atoms with Gasteiger partial charge in [-0.1, -0.05) is 17.7 Å². The van der Waals surface area contributed by atoms with Crippen LogP contribution in [0.2, 0.25) is 5.02 Å². The van der Waals surface area contributed by atoms with E-state index in [4.69, 9.17) is 16.3 Å². The number of Topliss-reactive ketones (excluding diaryl/α,β-unsaturated/α-hetero) is 1. The Labute approximate surface area is 117 Å². The summed E-state index contributed by atoms with van der Waals surface area (Å²) in [5.74, 6) is -0.382. The van der Waals surface area contributed by atoms with Crippen LogP contribution in [-0.2, 0) is 16.0 Å². The van der Waals surface area contributed by atoms with Crippen LogP contribution in [0.5, 0.6) is 0 Å². The lowest BCUT2D eigenvalue weighted by Crippen LogP contribution is -2.40. The Balaban J connectivity index is 2.12. The maximum atomic E-state index is 13.1. The van der Waals surface area contributed by atoms with Crippen molar-refractivity contribution < 1.29 is 13.9 Å². The van der Waals surface area contributed by atoms with Crippen molar-refractivity contribution in [2.45, 2.75) is 44.6 Å². The van der Waals surface area contributed by atoms with Crippen LogP contribution in [0.1, 0.15) is 38.2 Å². The minimum Gasteiger partial charge on any atom is -0.367 e. The molecule has 1 aliphatic rings. The van der Waals surface area contributed by atoms with Gasteiger partial charge in [-0.25, -0.2) is 4.39 Å². The summed E-state index contributed by atoms with van der Waals surface area (Å²) < 4.78 is 18.8.